The average molecular weight is 418 g/mol. The standard InChI is InChI=1S/C24H19FN2O4/c25-18-9-6-16(7-10-18)17-8-11-19-20(12-17)21-13-26(22(19)23(28)29)24(30)27(21)31-14-15-4-2-1-3-5-15/h1-12,21-22H,13-14H2,(H,28,29). The molecular weight excluding hydrogens is 399 g/mol. The van der Waals surface area contributed by atoms with Crippen LogP contribution in [0.3, 0.4) is 0 Å². The van der Waals surface area contributed by atoms with E-state index in [1.54, 1.807) is 24.3 Å². The van der Waals surface area contributed by atoms with E-state index in [0.29, 0.717) is 5.56 Å². The number of aliphatic carboxylic acids is 1. The van der Waals surface area contributed by atoms with Crippen molar-refractivity contribution in [1.82, 2.24) is 9.96 Å². The fraction of sp³-hybridized carbons (Fsp3) is 0.167. The highest BCUT2D eigenvalue weighted by atomic mass is 19.1. The Bertz CT molecular complexity index is 1150. The van der Waals surface area contributed by atoms with Gasteiger partial charge in [0.25, 0.3) is 0 Å². The van der Waals surface area contributed by atoms with Gasteiger partial charge < -0.3 is 10.0 Å². The Morgan fingerprint density at radius 3 is 2.42 bits per heavy atom. The molecule has 3 aromatic rings. The average Bonchev–Trinajstić information content (AvgIpc) is 3.05. The highest BCUT2D eigenvalue weighted by Gasteiger charge is 2.51. The fourth-order valence-electron chi connectivity index (χ4n) is 4.27. The van der Waals surface area contributed by atoms with Crippen LogP contribution >= 0.6 is 0 Å². The van der Waals surface area contributed by atoms with Crippen molar-refractivity contribution in [1.29, 1.82) is 0 Å². The van der Waals surface area contributed by atoms with Crippen molar-refractivity contribution in [2.75, 3.05) is 6.54 Å². The lowest BCUT2D eigenvalue weighted by Crippen LogP contribution is -2.38. The van der Waals surface area contributed by atoms with E-state index in [2.05, 4.69) is 0 Å². The van der Waals surface area contributed by atoms with Crippen LogP contribution in [0, 0.1) is 5.82 Å². The van der Waals surface area contributed by atoms with Gasteiger partial charge in [-0.1, -0.05) is 54.6 Å². The third kappa shape index (κ3) is 3.33. The summed E-state index contributed by atoms with van der Waals surface area (Å²) in [5.74, 6) is -1.42. The molecule has 0 aromatic heterocycles. The Morgan fingerprint density at radius 1 is 1.00 bits per heavy atom. The number of hydrogen-bond donors (Lipinski definition) is 1. The number of benzene rings is 3. The van der Waals surface area contributed by atoms with Crippen molar-refractivity contribution in [3.8, 4) is 11.1 Å². The Balaban J connectivity index is 1.53. The molecular formula is C24H19FN2O4. The van der Waals surface area contributed by atoms with Gasteiger partial charge >= 0.3 is 12.0 Å². The predicted octanol–water partition coefficient (Wildman–Crippen LogP) is 4.54. The van der Waals surface area contributed by atoms with Crippen molar-refractivity contribution in [3.63, 3.8) is 0 Å². The number of hydrogen-bond acceptors (Lipinski definition) is 3. The van der Waals surface area contributed by atoms with Crippen molar-refractivity contribution >= 4 is 12.0 Å². The summed E-state index contributed by atoms with van der Waals surface area (Å²) in [5.41, 5.74) is 3.82. The van der Waals surface area contributed by atoms with Gasteiger partial charge in [0.05, 0.1) is 6.54 Å². The van der Waals surface area contributed by atoms with Gasteiger partial charge in [0.2, 0.25) is 0 Å². The summed E-state index contributed by atoms with van der Waals surface area (Å²) >= 11 is 0. The Morgan fingerprint density at radius 2 is 1.71 bits per heavy atom. The van der Waals surface area contributed by atoms with Crippen molar-refractivity contribution in [3.05, 3.63) is 95.3 Å². The number of nitrogens with zero attached hydrogens (tertiary/aromatic N) is 2. The first-order valence-corrected chi connectivity index (χ1v) is 9.92. The molecule has 2 bridgehead atoms. The molecule has 156 valence electrons. The maximum Gasteiger partial charge on any atom is 0.345 e. The molecule has 1 N–H and O–H groups in total. The SMILES string of the molecule is O=C(O)C1c2ccc(-c3ccc(F)cc3)cc2C2CN1C(=O)N2OCc1ccccc1. The summed E-state index contributed by atoms with van der Waals surface area (Å²) in [7, 11) is 0. The molecule has 5 rings (SSSR count). The third-order valence-corrected chi connectivity index (χ3v) is 5.76. The number of halogens is 1. The first kappa shape index (κ1) is 19.3. The molecule has 31 heavy (non-hydrogen) atoms. The van der Waals surface area contributed by atoms with Crippen molar-refractivity contribution in [2.24, 2.45) is 0 Å². The molecule has 0 aliphatic carbocycles. The smallest absolute Gasteiger partial charge is 0.345 e. The number of carboxylic acids is 1. The number of carbonyl (C=O) groups is 2. The highest BCUT2D eigenvalue weighted by Crippen LogP contribution is 2.45. The maximum atomic E-state index is 13.3. The zero-order valence-corrected chi connectivity index (χ0v) is 16.4. The van der Waals surface area contributed by atoms with Gasteiger partial charge in [0.15, 0.2) is 6.04 Å². The number of hydroxylamine groups is 2. The molecule has 2 aliphatic heterocycles. The molecule has 1 saturated heterocycles. The van der Waals surface area contributed by atoms with Crippen molar-refractivity contribution < 1.29 is 23.9 Å². The minimum absolute atomic E-state index is 0.196. The van der Waals surface area contributed by atoms with E-state index in [9.17, 15) is 19.1 Å². The second kappa shape index (κ2) is 7.52. The largest absolute Gasteiger partial charge is 0.479 e. The Kier molecular flexibility index (Phi) is 4.67. The van der Waals surface area contributed by atoms with Crippen LogP contribution in [0.5, 0.6) is 0 Å². The van der Waals surface area contributed by atoms with Gasteiger partial charge in [-0.3, -0.25) is 4.84 Å². The molecule has 7 heteroatoms. The quantitative estimate of drug-likeness (QED) is 0.660. The minimum atomic E-state index is -1.09. The van der Waals surface area contributed by atoms with Crippen LogP contribution in [-0.2, 0) is 16.2 Å². The first-order chi connectivity index (χ1) is 15.0. The summed E-state index contributed by atoms with van der Waals surface area (Å²) in [6, 6.07) is 19.0. The van der Waals surface area contributed by atoms with E-state index in [0.717, 1.165) is 22.3 Å². The molecule has 1 fully saturated rings. The minimum Gasteiger partial charge on any atom is -0.479 e. The van der Waals surface area contributed by atoms with Gasteiger partial charge in [-0.05, 0) is 46.0 Å². The van der Waals surface area contributed by atoms with Gasteiger partial charge in [0.1, 0.15) is 18.5 Å². The van der Waals surface area contributed by atoms with Gasteiger partial charge in [-0.15, -0.1) is 0 Å². The highest BCUT2D eigenvalue weighted by molar-refractivity contribution is 5.87. The van der Waals surface area contributed by atoms with Gasteiger partial charge in [0, 0.05) is 0 Å². The fourth-order valence-corrected chi connectivity index (χ4v) is 4.27. The number of carbonyl (C=O) groups excluding carboxylic acids is 1. The lowest BCUT2D eigenvalue weighted by atomic mass is 9.88. The van der Waals surface area contributed by atoms with Crippen LogP contribution in [0.25, 0.3) is 11.1 Å². The molecule has 2 atom stereocenters. The summed E-state index contributed by atoms with van der Waals surface area (Å²) in [6.07, 6.45) is 0. The zero-order chi connectivity index (χ0) is 21.5. The molecule has 0 spiro atoms. The Hall–Kier alpha value is -3.71. The van der Waals surface area contributed by atoms with Crippen LogP contribution in [0.1, 0.15) is 28.8 Å². The molecule has 3 aromatic carbocycles. The van der Waals surface area contributed by atoms with Crippen LogP contribution in [-0.4, -0.2) is 33.6 Å². The maximum absolute atomic E-state index is 13.3. The van der Waals surface area contributed by atoms with Crippen LogP contribution < -0.4 is 0 Å². The summed E-state index contributed by atoms with van der Waals surface area (Å²) in [4.78, 5) is 32.2. The molecule has 6 nitrogen and oxygen atoms in total. The van der Waals surface area contributed by atoms with E-state index >= 15 is 0 Å². The molecule has 2 heterocycles. The zero-order valence-electron chi connectivity index (χ0n) is 16.4. The number of fused-ring (bicyclic) bond motifs is 4. The normalized spacial score (nSPS) is 19.5. The van der Waals surface area contributed by atoms with Gasteiger partial charge in [-0.25, -0.2) is 14.0 Å². The summed E-state index contributed by atoms with van der Waals surface area (Å²) < 4.78 is 13.3. The number of amides is 2. The Labute approximate surface area is 178 Å². The topological polar surface area (TPSA) is 70.1 Å². The second-order valence-corrected chi connectivity index (χ2v) is 7.63. The molecule has 2 unspecified atom stereocenters. The molecule has 0 saturated carbocycles. The molecule has 2 amide bonds. The summed E-state index contributed by atoms with van der Waals surface area (Å²) in [5, 5.41) is 11.1. The summed E-state index contributed by atoms with van der Waals surface area (Å²) in [6.45, 7) is 0.423. The third-order valence-electron chi connectivity index (χ3n) is 5.76. The molecule has 2 aliphatic rings. The van der Waals surface area contributed by atoms with E-state index in [1.165, 1.54) is 22.1 Å². The van der Waals surface area contributed by atoms with Crippen LogP contribution in [0.15, 0.2) is 72.8 Å². The first-order valence-electron chi connectivity index (χ1n) is 9.92. The molecule has 0 radical (unpaired) electrons. The van der Waals surface area contributed by atoms with E-state index in [4.69, 9.17) is 4.84 Å². The van der Waals surface area contributed by atoms with Crippen LogP contribution in [0.2, 0.25) is 0 Å². The van der Waals surface area contributed by atoms with E-state index in [1.807, 2.05) is 36.4 Å². The predicted molar refractivity (Wildman–Crippen MR) is 110 cm³/mol. The van der Waals surface area contributed by atoms with E-state index < -0.39 is 24.1 Å². The van der Waals surface area contributed by atoms with Crippen molar-refractivity contribution in [2.45, 2.75) is 18.7 Å². The number of urea groups is 1. The monoisotopic (exact) mass is 418 g/mol. The second-order valence-electron chi connectivity index (χ2n) is 7.63. The lowest BCUT2D eigenvalue weighted by Gasteiger charge is -2.30. The van der Waals surface area contributed by atoms with E-state index in [-0.39, 0.29) is 19.0 Å². The van der Waals surface area contributed by atoms with Crippen LogP contribution in [0.4, 0.5) is 9.18 Å². The lowest BCUT2D eigenvalue weighted by molar-refractivity contribution is -0.143. The number of rotatable bonds is 5. The number of carboxylic acid groups (broad SMARTS) is 1. The van der Waals surface area contributed by atoms with Gasteiger partial charge in [-0.2, -0.15) is 5.06 Å².